The molecule has 9 rings (SSSR count). The predicted octanol–water partition coefficient (Wildman–Crippen LogP) is 12.8. The number of hydrogen-bond donors (Lipinski definition) is 0. The van der Waals surface area contributed by atoms with Gasteiger partial charge in [-0.15, -0.1) is 11.3 Å². The Kier molecular flexibility index (Phi) is 6.03. The molecule has 0 N–H and O–H groups in total. The zero-order chi connectivity index (χ0) is 29.7. The molecule has 212 valence electrons. The molecule has 3 heteroatoms. The fraction of sp³-hybridized carbons (Fsp3) is 0. The zero-order valence-corrected chi connectivity index (χ0v) is 25.2. The Balaban J connectivity index is 1.30. The lowest BCUT2D eigenvalue weighted by Crippen LogP contribution is -2.11. The smallest absolute Gasteiger partial charge is 0.135 e. The molecule has 0 spiro atoms. The third kappa shape index (κ3) is 4.32. The number of para-hydroxylation sites is 2. The van der Waals surface area contributed by atoms with E-state index < -0.39 is 0 Å². The topological polar surface area (TPSA) is 16.4 Å². The molecule has 2 aromatic heterocycles. The molecule has 0 fully saturated rings. The summed E-state index contributed by atoms with van der Waals surface area (Å²) in [5.74, 6) is 0. The summed E-state index contributed by atoms with van der Waals surface area (Å²) in [5.41, 5.74) is 9.94. The van der Waals surface area contributed by atoms with E-state index in [0.29, 0.717) is 0 Å². The Hall–Kier alpha value is -5.64. The van der Waals surface area contributed by atoms with Crippen molar-refractivity contribution in [3.63, 3.8) is 0 Å². The van der Waals surface area contributed by atoms with Crippen molar-refractivity contribution in [2.45, 2.75) is 0 Å². The molecule has 0 unspecified atom stereocenters. The number of furan rings is 1. The van der Waals surface area contributed by atoms with Gasteiger partial charge in [0.1, 0.15) is 11.2 Å². The second-order valence-electron chi connectivity index (χ2n) is 11.3. The summed E-state index contributed by atoms with van der Waals surface area (Å²) in [5, 5.41) is 4.78. The Morgan fingerprint density at radius 1 is 0.422 bits per heavy atom. The average molecular weight is 594 g/mol. The first-order valence-corrected chi connectivity index (χ1v) is 16.0. The summed E-state index contributed by atoms with van der Waals surface area (Å²) in [6.07, 6.45) is 0. The van der Waals surface area contributed by atoms with Gasteiger partial charge in [-0.05, 0) is 65.2 Å². The summed E-state index contributed by atoms with van der Waals surface area (Å²) < 4.78 is 8.81. The molecule has 2 nitrogen and oxygen atoms in total. The molecule has 0 aliphatic heterocycles. The van der Waals surface area contributed by atoms with E-state index in [-0.39, 0.29) is 0 Å². The van der Waals surface area contributed by atoms with Crippen molar-refractivity contribution in [2.75, 3.05) is 4.90 Å². The molecule has 0 bridgehead atoms. The van der Waals surface area contributed by atoms with Crippen LogP contribution in [0.1, 0.15) is 0 Å². The minimum atomic E-state index is 0.892. The number of anilines is 3. The van der Waals surface area contributed by atoms with Gasteiger partial charge in [0.15, 0.2) is 0 Å². The van der Waals surface area contributed by atoms with Crippen LogP contribution in [0.3, 0.4) is 0 Å². The lowest BCUT2D eigenvalue weighted by molar-refractivity contribution is 0.669. The van der Waals surface area contributed by atoms with Gasteiger partial charge in [-0.25, -0.2) is 0 Å². The highest BCUT2D eigenvalue weighted by Crippen LogP contribution is 2.48. The van der Waals surface area contributed by atoms with Crippen LogP contribution in [0.25, 0.3) is 64.4 Å². The number of fused-ring (bicyclic) bond motifs is 6. The highest BCUT2D eigenvalue weighted by atomic mass is 32.1. The summed E-state index contributed by atoms with van der Waals surface area (Å²) in [4.78, 5) is 2.43. The van der Waals surface area contributed by atoms with Gasteiger partial charge in [-0.3, -0.25) is 0 Å². The van der Waals surface area contributed by atoms with Crippen molar-refractivity contribution in [3.05, 3.63) is 164 Å². The van der Waals surface area contributed by atoms with E-state index in [1.165, 1.54) is 42.4 Å². The van der Waals surface area contributed by atoms with Gasteiger partial charge >= 0.3 is 0 Å². The van der Waals surface area contributed by atoms with Gasteiger partial charge in [0.25, 0.3) is 0 Å². The molecule has 7 aromatic carbocycles. The normalized spacial score (nSPS) is 11.6. The van der Waals surface area contributed by atoms with Crippen molar-refractivity contribution in [3.8, 4) is 22.3 Å². The molecule has 9 aromatic rings. The highest BCUT2D eigenvalue weighted by Gasteiger charge is 2.22. The predicted molar refractivity (Wildman–Crippen MR) is 192 cm³/mol. The van der Waals surface area contributed by atoms with E-state index in [1.807, 2.05) is 23.5 Å². The van der Waals surface area contributed by atoms with E-state index in [0.717, 1.165) is 39.0 Å². The largest absolute Gasteiger partial charge is 0.456 e. The maximum Gasteiger partial charge on any atom is 0.135 e. The molecule has 0 saturated heterocycles. The quantitative estimate of drug-likeness (QED) is 0.197. The van der Waals surface area contributed by atoms with Crippen molar-refractivity contribution in [1.82, 2.24) is 0 Å². The van der Waals surface area contributed by atoms with Gasteiger partial charge in [0.2, 0.25) is 0 Å². The number of thiophene rings is 1. The van der Waals surface area contributed by atoms with Crippen LogP contribution < -0.4 is 4.90 Å². The van der Waals surface area contributed by atoms with Gasteiger partial charge < -0.3 is 9.32 Å². The second-order valence-corrected chi connectivity index (χ2v) is 12.4. The maximum atomic E-state index is 6.24. The molecule has 0 aliphatic carbocycles. The zero-order valence-electron chi connectivity index (χ0n) is 24.4. The molecule has 45 heavy (non-hydrogen) atoms. The first kappa shape index (κ1) is 25.8. The van der Waals surface area contributed by atoms with Crippen LogP contribution in [0.15, 0.2) is 168 Å². The van der Waals surface area contributed by atoms with E-state index >= 15 is 0 Å². The van der Waals surface area contributed by atoms with Crippen molar-refractivity contribution < 1.29 is 4.42 Å². The van der Waals surface area contributed by atoms with Gasteiger partial charge in [0, 0.05) is 42.2 Å². The molecule has 0 saturated carbocycles. The number of benzene rings is 7. The van der Waals surface area contributed by atoms with E-state index in [9.17, 15) is 0 Å². The summed E-state index contributed by atoms with van der Waals surface area (Å²) in [6.45, 7) is 0. The van der Waals surface area contributed by atoms with Gasteiger partial charge in [0.05, 0.1) is 11.4 Å². The van der Waals surface area contributed by atoms with E-state index in [2.05, 4.69) is 157 Å². The van der Waals surface area contributed by atoms with Crippen molar-refractivity contribution in [2.24, 2.45) is 0 Å². The van der Waals surface area contributed by atoms with Crippen LogP contribution in [0, 0.1) is 0 Å². The minimum absolute atomic E-state index is 0.892. The fourth-order valence-corrected chi connectivity index (χ4v) is 7.72. The number of nitrogens with zero attached hydrogens (tertiary/aromatic N) is 1. The first-order valence-electron chi connectivity index (χ1n) is 15.2. The third-order valence-corrected chi connectivity index (χ3v) is 9.82. The lowest BCUT2D eigenvalue weighted by atomic mass is 9.98. The SMILES string of the molecule is c1ccc(-c2ccc(-c3ccccc3N(c3ccc4oc5ccccc5c4c3)c3cccc4sc5ccccc5c34)cc2)cc1. The number of rotatable bonds is 5. The molecular weight excluding hydrogens is 567 g/mol. The van der Waals surface area contributed by atoms with E-state index in [4.69, 9.17) is 4.42 Å². The molecule has 2 heterocycles. The van der Waals surface area contributed by atoms with Crippen LogP contribution in [0.5, 0.6) is 0 Å². The summed E-state index contributed by atoms with van der Waals surface area (Å²) in [6, 6.07) is 58.5. The summed E-state index contributed by atoms with van der Waals surface area (Å²) >= 11 is 1.85. The van der Waals surface area contributed by atoms with Crippen molar-refractivity contribution >= 4 is 70.5 Å². The molecule has 0 amide bonds. The second kappa shape index (κ2) is 10.5. The average Bonchev–Trinajstić information content (AvgIpc) is 3.68. The molecular formula is C42H27NOS. The van der Waals surface area contributed by atoms with Crippen LogP contribution in [0.4, 0.5) is 17.1 Å². The summed E-state index contributed by atoms with van der Waals surface area (Å²) in [7, 11) is 0. The van der Waals surface area contributed by atoms with E-state index in [1.54, 1.807) is 0 Å². The number of hydrogen-bond acceptors (Lipinski definition) is 3. The third-order valence-electron chi connectivity index (χ3n) is 8.69. The lowest BCUT2D eigenvalue weighted by Gasteiger charge is -2.29. The minimum Gasteiger partial charge on any atom is -0.456 e. The monoisotopic (exact) mass is 593 g/mol. The van der Waals surface area contributed by atoms with Gasteiger partial charge in [-0.2, -0.15) is 0 Å². The Morgan fingerprint density at radius 2 is 1.07 bits per heavy atom. The molecule has 0 atom stereocenters. The van der Waals surface area contributed by atoms with Crippen molar-refractivity contribution in [1.29, 1.82) is 0 Å². The fourth-order valence-electron chi connectivity index (χ4n) is 6.59. The standard InChI is InChI=1S/C42H27NOS/c1-2-11-28(12-3-1)29-21-23-30(24-22-29)32-13-4-7-16-36(32)43(31-25-26-39-35(27-31)33-14-5-8-18-38(33)44-39)37-17-10-20-41-42(37)34-15-6-9-19-40(34)45-41/h1-27H. The van der Waals surface area contributed by atoms with Crippen LogP contribution in [-0.4, -0.2) is 0 Å². The molecule has 0 aliphatic rings. The first-order chi connectivity index (χ1) is 22.3. The highest BCUT2D eigenvalue weighted by molar-refractivity contribution is 7.26. The van der Waals surface area contributed by atoms with Crippen LogP contribution in [0.2, 0.25) is 0 Å². The maximum absolute atomic E-state index is 6.24. The Bertz CT molecular complexity index is 2490. The van der Waals surface area contributed by atoms with Crippen LogP contribution >= 0.6 is 11.3 Å². The Labute approximate surface area is 265 Å². The molecule has 0 radical (unpaired) electrons. The Morgan fingerprint density at radius 3 is 1.96 bits per heavy atom. The van der Waals surface area contributed by atoms with Gasteiger partial charge in [-0.1, -0.05) is 115 Å². The van der Waals surface area contributed by atoms with Crippen LogP contribution in [-0.2, 0) is 0 Å².